The highest BCUT2D eigenvalue weighted by Crippen LogP contribution is 2.26. The summed E-state index contributed by atoms with van der Waals surface area (Å²) < 4.78 is 17.6. The molecule has 0 saturated carbocycles. The minimum Gasteiger partial charge on any atom is -0.454 e. The molecular weight excluding hydrogens is 991 g/mol. The topological polar surface area (TPSA) is 175 Å². The van der Waals surface area contributed by atoms with E-state index in [9.17, 15) is 35.1 Å². The molecular formula is C68H119NO10. The highest BCUT2D eigenvalue weighted by Gasteiger charge is 2.47. The number of rotatable bonds is 54. The molecule has 1 heterocycles. The van der Waals surface area contributed by atoms with Gasteiger partial charge in [-0.2, -0.15) is 0 Å². The standard InChI is InChI=1S/C68H119NO10/c1-4-7-10-13-16-19-22-24-25-26-27-28-29-30-31-32-33-34-35-36-38-41-43-46-49-52-55-61(72)67(76)69-59(60(71)54-51-48-45-42-40-37-23-20-17-14-11-8-5-2)58-77-68-66(65(75)64(74)62(57-70)78-68)79-63(73)56-53-50-47-44-39-21-18-15-12-9-6-3/h7,10,16,19,24-25,27-28,30-31,33-34,51,54,59-62,64-66,68,70-72,74-75H,4-6,8-9,11-15,17-18,20-23,26,29,32,35-50,52-53,55-58H2,1-3H3,(H,69,76)/b10-7-,19-16-,25-24-,28-27-,31-30-,34-33-,54-51+. The number of aliphatic hydroxyl groups is 5. The second-order valence-corrected chi connectivity index (χ2v) is 22.1. The molecule has 0 bridgehead atoms. The first-order valence-corrected chi connectivity index (χ1v) is 32.4. The van der Waals surface area contributed by atoms with E-state index < -0.39 is 67.4 Å². The Balaban J connectivity index is 2.62. The van der Waals surface area contributed by atoms with Gasteiger partial charge in [0, 0.05) is 6.42 Å². The Morgan fingerprint density at radius 2 is 0.911 bits per heavy atom. The molecule has 79 heavy (non-hydrogen) atoms. The van der Waals surface area contributed by atoms with E-state index in [4.69, 9.17) is 14.2 Å². The van der Waals surface area contributed by atoms with Gasteiger partial charge >= 0.3 is 5.97 Å². The predicted octanol–water partition coefficient (Wildman–Crippen LogP) is 15.7. The van der Waals surface area contributed by atoms with E-state index in [0.717, 1.165) is 116 Å². The van der Waals surface area contributed by atoms with Gasteiger partial charge in [-0.3, -0.25) is 9.59 Å². The molecule has 8 atom stereocenters. The van der Waals surface area contributed by atoms with Crippen LogP contribution in [0.2, 0.25) is 0 Å². The van der Waals surface area contributed by atoms with Gasteiger partial charge in [-0.25, -0.2) is 0 Å². The zero-order valence-corrected chi connectivity index (χ0v) is 50.5. The van der Waals surface area contributed by atoms with Crippen LogP contribution < -0.4 is 5.32 Å². The van der Waals surface area contributed by atoms with E-state index in [1.807, 2.05) is 6.08 Å². The molecule has 1 saturated heterocycles. The normalized spacial score (nSPS) is 19.4. The minimum atomic E-state index is -1.61. The Hall–Kier alpha value is -3.16. The molecule has 456 valence electrons. The SMILES string of the molecule is CC/C=C\C/C=C\C/C=C\C/C=C\C/C=C\C/C=C\CCCCCCCCCC(O)C(=O)NC(COC1OC(CO)C(O)C(O)C1OC(=O)CCCCCCCCCCCCC)C(O)/C=C/CCCCCCCCCCCCC. The Bertz CT molecular complexity index is 1610. The second kappa shape index (κ2) is 55.4. The lowest BCUT2D eigenvalue weighted by Crippen LogP contribution is -2.61. The molecule has 1 fully saturated rings. The van der Waals surface area contributed by atoms with Crippen molar-refractivity contribution in [3.8, 4) is 0 Å². The third kappa shape index (κ3) is 43.2. The summed E-state index contributed by atoms with van der Waals surface area (Å²) >= 11 is 0. The van der Waals surface area contributed by atoms with Crippen LogP contribution in [0, 0.1) is 0 Å². The van der Waals surface area contributed by atoms with Crippen LogP contribution in [0.25, 0.3) is 0 Å². The fraction of sp³-hybridized carbons (Fsp3) is 0.765. The number of allylic oxidation sites excluding steroid dienone is 13. The first kappa shape index (κ1) is 73.9. The summed E-state index contributed by atoms with van der Waals surface area (Å²) in [5.74, 6) is -1.20. The number of esters is 1. The van der Waals surface area contributed by atoms with Crippen LogP contribution >= 0.6 is 0 Å². The second-order valence-electron chi connectivity index (χ2n) is 22.1. The van der Waals surface area contributed by atoms with Crippen molar-refractivity contribution in [3.63, 3.8) is 0 Å². The fourth-order valence-electron chi connectivity index (χ4n) is 9.71. The van der Waals surface area contributed by atoms with Crippen LogP contribution in [0.3, 0.4) is 0 Å². The van der Waals surface area contributed by atoms with Gasteiger partial charge in [0.15, 0.2) is 12.4 Å². The van der Waals surface area contributed by atoms with Crippen molar-refractivity contribution >= 4 is 11.9 Å². The molecule has 0 radical (unpaired) electrons. The number of ether oxygens (including phenoxy) is 3. The maximum absolute atomic E-state index is 13.4. The van der Waals surface area contributed by atoms with Gasteiger partial charge in [-0.1, -0.05) is 273 Å². The van der Waals surface area contributed by atoms with Gasteiger partial charge in [-0.05, 0) is 77.0 Å². The quantitative estimate of drug-likeness (QED) is 0.0195. The van der Waals surface area contributed by atoms with Crippen molar-refractivity contribution < 1.29 is 49.3 Å². The number of hydrogen-bond donors (Lipinski definition) is 6. The molecule has 0 aromatic rings. The molecule has 11 nitrogen and oxygen atoms in total. The highest BCUT2D eigenvalue weighted by atomic mass is 16.7. The van der Waals surface area contributed by atoms with E-state index in [2.05, 4.69) is 99.0 Å². The molecule has 0 aromatic heterocycles. The molecule has 11 heteroatoms. The number of amides is 1. The fourth-order valence-corrected chi connectivity index (χ4v) is 9.71. The van der Waals surface area contributed by atoms with Crippen LogP contribution in [-0.2, 0) is 23.8 Å². The molecule has 1 aliphatic heterocycles. The van der Waals surface area contributed by atoms with Crippen molar-refractivity contribution in [1.29, 1.82) is 0 Å². The number of carbonyl (C=O) groups excluding carboxylic acids is 2. The van der Waals surface area contributed by atoms with Crippen LogP contribution in [0.5, 0.6) is 0 Å². The van der Waals surface area contributed by atoms with Crippen LogP contribution in [-0.4, -0.2) is 99.6 Å². The van der Waals surface area contributed by atoms with Crippen molar-refractivity contribution in [3.05, 3.63) is 85.1 Å². The van der Waals surface area contributed by atoms with Crippen LogP contribution in [0.1, 0.15) is 271 Å². The highest BCUT2D eigenvalue weighted by molar-refractivity contribution is 5.80. The summed E-state index contributed by atoms with van der Waals surface area (Å²) in [5.41, 5.74) is 0. The van der Waals surface area contributed by atoms with Gasteiger partial charge in [0.1, 0.15) is 24.4 Å². The molecule has 0 aliphatic carbocycles. The van der Waals surface area contributed by atoms with Gasteiger partial charge in [0.2, 0.25) is 5.91 Å². The average molecular weight is 1110 g/mol. The molecule has 1 rings (SSSR count). The summed E-state index contributed by atoms with van der Waals surface area (Å²) in [6, 6.07) is -1.03. The van der Waals surface area contributed by atoms with E-state index in [1.54, 1.807) is 6.08 Å². The molecule has 1 amide bonds. The smallest absolute Gasteiger partial charge is 0.306 e. The number of carbonyl (C=O) groups is 2. The van der Waals surface area contributed by atoms with Crippen molar-refractivity contribution in [2.75, 3.05) is 13.2 Å². The first-order chi connectivity index (χ1) is 38.7. The average Bonchev–Trinajstić information content (AvgIpc) is 3.51. The van der Waals surface area contributed by atoms with E-state index >= 15 is 0 Å². The van der Waals surface area contributed by atoms with Crippen LogP contribution in [0.15, 0.2) is 85.1 Å². The summed E-state index contributed by atoms with van der Waals surface area (Å²) in [6.07, 6.45) is 62.0. The predicted molar refractivity (Wildman–Crippen MR) is 329 cm³/mol. The van der Waals surface area contributed by atoms with Gasteiger partial charge in [0.25, 0.3) is 0 Å². The van der Waals surface area contributed by atoms with Gasteiger partial charge < -0.3 is 45.1 Å². The van der Waals surface area contributed by atoms with Crippen LogP contribution in [0.4, 0.5) is 0 Å². The van der Waals surface area contributed by atoms with Crippen molar-refractivity contribution in [2.24, 2.45) is 0 Å². The van der Waals surface area contributed by atoms with Crippen molar-refractivity contribution in [2.45, 2.75) is 320 Å². The monoisotopic (exact) mass is 1110 g/mol. The lowest BCUT2D eigenvalue weighted by molar-refractivity contribution is -0.305. The maximum Gasteiger partial charge on any atom is 0.306 e. The largest absolute Gasteiger partial charge is 0.454 e. The lowest BCUT2D eigenvalue weighted by atomic mass is 9.99. The summed E-state index contributed by atoms with van der Waals surface area (Å²) in [4.78, 5) is 26.5. The van der Waals surface area contributed by atoms with E-state index in [1.165, 1.54) is 109 Å². The molecule has 1 aliphatic rings. The Kier molecular flexibility index (Phi) is 51.8. The maximum atomic E-state index is 13.4. The van der Waals surface area contributed by atoms with E-state index in [-0.39, 0.29) is 19.4 Å². The molecule has 8 unspecified atom stereocenters. The number of aliphatic hydroxyl groups excluding tert-OH is 5. The number of unbranched alkanes of at least 4 members (excludes halogenated alkanes) is 28. The first-order valence-electron chi connectivity index (χ1n) is 32.4. The molecule has 0 spiro atoms. The molecule has 6 N–H and O–H groups in total. The van der Waals surface area contributed by atoms with Gasteiger partial charge in [-0.15, -0.1) is 0 Å². The zero-order valence-electron chi connectivity index (χ0n) is 50.5. The van der Waals surface area contributed by atoms with E-state index in [0.29, 0.717) is 12.8 Å². The lowest BCUT2D eigenvalue weighted by Gasteiger charge is -2.41. The Morgan fingerprint density at radius 1 is 0.506 bits per heavy atom. The Labute approximate surface area is 483 Å². The summed E-state index contributed by atoms with van der Waals surface area (Å²) in [5, 5.41) is 57.0. The summed E-state index contributed by atoms with van der Waals surface area (Å²) in [6.45, 7) is 5.66. The summed E-state index contributed by atoms with van der Waals surface area (Å²) in [7, 11) is 0. The van der Waals surface area contributed by atoms with Gasteiger partial charge in [0.05, 0.1) is 25.4 Å². The third-order valence-electron chi connectivity index (χ3n) is 14.8. The number of hydrogen-bond acceptors (Lipinski definition) is 10. The van der Waals surface area contributed by atoms with Crippen molar-refractivity contribution in [1.82, 2.24) is 5.32 Å². The zero-order chi connectivity index (χ0) is 57.5. The third-order valence-corrected chi connectivity index (χ3v) is 14.8. The minimum absolute atomic E-state index is 0.122. The number of nitrogens with one attached hydrogen (secondary N) is 1. The Morgan fingerprint density at radius 3 is 1.37 bits per heavy atom. The molecule has 0 aromatic carbocycles.